The first-order valence-corrected chi connectivity index (χ1v) is 7.41. The summed E-state index contributed by atoms with van der Waals surface area (Å²) in [4.78, 5) is 0. The van der Waals surface area contributed by atoms with Gasteiger partial charge in [-0.05, 0) is 36.1 Å². The highest BCUT2D eigenvalue weighted by molar-refractivity contribution is 5.58. The maximum absolute atomic E-state index is 4.29. The van der Waals surface area contributed by atoms with Crippen molar-refractivity contribution in [2.75, 3.05) is 0 Å². The first-order valence-electron chi connectivity index (χ1n) is 7.41. The fourth-order valence-electron chi connectivity index (χ4n) is 2.35. The summed E-state index contributed by atoms with van der Waals surface area (Å²) < 4.78 is 1.84. The second-order valence-corrected chi connectivity index (χ2v) is 5.12. The van der Waals surface area contributed by atoms with Crippen molar-refractivity contribution in [1.29, 1.82) is 0 Å². The smallest absolute Gasteiger partial charge is 0.113 e. The van der Waals surface area contributed by atoms with Crippen molar-refractivity contribution in [2.24, 2.45) is 0 Å². The van der Waals surface area contributed by atoms with Gasteiger partial charge in [0.1, 0.15) is 5.69 Å². The second kappa shape index (κ2) is 5.92. The van der Waals surface area contributed by atoms with Crippen LogP contribution >= 0.6 is 0 Å². The monoisotopic (exact) mass is 277 g/mol. The predicted octanol–water partition coefficient (Wildman–Crippen LogP) is 4.06. The van der Waals surface area contributed by atoms with E-state index in [0.717, 1.165) is 29.8 Å². The van der Waals surface area contributed by atoms with Gasteiger partial charge in [-0.2, -0.15) is 0 Å². The molecule has 21 heavy (non-hydrogen) atoms. The van der Waals surface area contributed by atoms with E-state index in [9.17, 15) is 0 Å². The van der Waals surface area contributed by atoms with Gasteiger partial charge in [-0.25, -0.2) is 4.68 Å². The summed E-state index contributed by atoms with van der Waals surface area (Å²) in [6, 6.07) is 16.9. The van der Waals surface area contributed by atoms with Crippen LogP contribution < -0.4 is 0 Å². The third-order valence-electron chi connectivity index (χ3n) is 3.73. The molecule has 2 aromatic carbocycles. The van der Waals surface area contributed by atoms with Crippen molar-refractivity contribution in [1.82, 2.24) is 15.0 Å². The zero-order valence-corrected chi connectivity index (χ0v) is 12.5. The SMILES string of the molecule is CCc1ccc(-c2cn(-c3cccc(CC)c3)nn2)cc1. The summed E-state index contributed by atoms with van der Waals surface area (Å²) in [6.07, 6.45) is 4.06. The van der Waals surface area contributed by atoms with Crippen molar-refractivity contribution in [2.45, 2.75) is 26.7 Å². The maximum Gasteiger partial charge on any atom is 0.113 e. The molecule has 0 aliphatic heterocycles. The number of benzene rings is 2. The summed E-state index contributed by atoms with van der Waals surface area (Å²) in [6.45, 7) is 4.31. The molecule has 1 aromatic heterocycles. The lowest BCUT2D eigenvalue weighted by molar-refractivity contribution is 0.802. The van der Waals surface area contributed by atoms with Crippen molar-refractivity contribution in [3.63, 3.8) is 0 Å². The van der Waals surface area contributed by atoms with E-state index >= 15 is 0 Å². The van der Waals surface area contributed by atoms with Gasteiger partial charge in [0.25, 0.3) is 0 Å². The lowest BCUT2D eigenvalue weighted by Gasteiger charge is -2.02. The van der Waals surface area contributed by atoms with Crippen molar-refractivity contribution in [3.05, 3.63) is 65.9 Å². The molecule has 3 aromatic rings. The molecular formula is C18H19N3. The zero-order valence-electron chi connectivity index (χ0n) is 12.5. The van der Waals surface area contributed by atoms with Crippen LogP contribution in [0, 0.1) is 0 Å². The molecule has 0 spiro atoms. The van der Waals surface area contributed by atoms with Gasteiger partial charge in [0.15, 0.2) is 0 Å². The molecule has 0 aliphatic rings. The van der Waals surface area contributed by atoms with E-state index in [4.69, 9.17) is 0 Å². The van der Waals surface area contributed by atoms with E-state index < -0.39 is 0 Å². The molecule has 3 heteroatoms. The van der Waals surface area contributed by atoms with Crippen molar-refractivity contribution in [3.8, 4) is 16.9 Å². The highest BCUT2D eigenvalue weighted by Crippen LogP contribution is 2.19. The minimum absolute atomic E-state index is 0.902. The van der Waals surface area contributed by atoms with Crippen LogP contribution in [0.3, 0.4) is 0 Å². The van der Waals surface area contributed by atoms with Gasteiger partial charge in [-0.15, -0.1) is 5.10 Å². The Labute approximate surface area is 125 Å². The molecule has 3 rings (SSSR count). The molecule has 0 aliphatic carbocycles. The van der Waals surface area contributed by atoms with Gasteiger partial charge in [0, 0.05) is 5.56 Å². The van der Waals surface area contributed by atoms with Gasteiger partial charge < -0.3 is 0 Å². The Morgan fingerprint density at radius 1 is 0.905 bits per heavy atom. The van der Waals surface area contributed by atoms with Crippen LogP contribution in [0.15, 0.2) is 54.7 Å². The van der Waals surface area contributed by atoms with Crippen LogP contribution in [0.5, 0.6) is 0 Å². The van der Waals surface area contributed by atoms with Gasteiger partial charge in [0.05, 0.1) is 11.9 Å². The lowest BCUT2D eigenvalue weighted by atomic mass is 10.1. The molecule has 0 fully saturated rings. The Morgan fingerprint density at radius 2 is 1.67 bits per heavy atom. The highest BCUT2D eigenvalue weighted by atomic mass is 15.4. The minimum atomic E-state index is 0.902. The van der Waals surface area contributed by atoms with E-state index in [1.165, 1.54) is 11.1 Å². The summed E-state index contributed by atoms with van der Waals surface area (Å²) in [5, 5.41) is 8.53. The summed E-state index contributed by atoms with van der Waals surface area (Å²) >= 11 is 0. The Hall–Kier alpha value is -2.42. The molecule has 0 unspecified atom stereocenters. The standard InChI is InChI=1S/C18H19N3/c1-3-14-8-10-16(11-9-14)18-13-21(20-19-18)17-7-5-6-15(4-2)12-17/h5-13H,3-4H2,1-2H3. The molecule has 3 nitrogen and oxygen atoms in total. The van der Waals surface area contributed by atoms with Gasteiger partial charge in [-0.3, -0.25) is 0 Å². The van der Waals surface area contributed by atoms with Crippen LogP contribution in [-0.2, 0) is 12.8 Å². The lowest BCUT2D eigenvalue weighted by Crippen LogP contribution is -1.95. The molecule has 0 saturated carbocycles. The number of nitrogens with zero attached hydrogens (tertiary/aromatic N) is 3. The zero-order chi connectivity index (χ0) is 14.7. The molecule has 0 saturated heterocycles. The van der Waals surface area contributed by atoms with Crippen LogP contribution in [0.1, 0.15) is 25.0 Å². The largest absolute Gasteiger partial charge is 0.220 e. The molecular weight excluding hydrogens is 258 g/mol. The normalized spacial score (nSPS) is 10.8. The van der Waals surface area contributed by atoms with Gasteiger partial charge >= 0.3 is 0 Å². The fourth-order valence-corrected chi connectivity index (χ4v) is 2.35. The first kappa shape index (κ1) is 13.6. The fraction of sp³-hybridized carbons (Fsp3) is 0.222. The van der Waals surface area contributed by atoms with Crippen LogP contribution in [0.2, 0.25) is 0 Å². The van der Waals surface area contributed by atoms with E-state index in [0.29, 0.717) is 0 Å². The average Bonchev–Trinajstić information content (AvgIpc) is 3.05. The number of hydrogen-bond acceptors (Lipinski definition) is 2. The van der Waals surface area contributed by atoms with Crippen molar-refractivity contribution < 1.29 is 0 Å². The summed E-state index contributed by atoms with van der Waals surface area (Å²) in [7, 11) is 0. The summed E-state index contributed by atoms with van der Waals surface area (Å²) in [5.74, 6) is 0. The topological polar surface area (TPSA) is 30.7 Å². The number of rotatable bonds is 4. The van der Waals surface area contributed by atoms with Crippen molar-refractivity contribution >= 4 is 0 Å². The molecule has 1 heterocycles. The third-order valence-corrected chi connectivity index (χ3v) is 3.73. The molecule has 0 N–H and O–H groups in total. The van der Waals surface area contributed by atoms with E-state index in [-0.39, 0.29) is 0 Å². The molecule has 106 valence electrons. The third kappa shape index (κ3) is 2.87. The predicted molar refractivity (Wildman–Crippen MR) is 85.6 cm³/mol. The average molecular weight is 277 g/mol. The Morgan fingerprint density at radius 3 is 2.38 bits per heavy atom. The Bertz CT molecular complexity index is 726. The minimum Gasteiger partial charge on any atom is -0.220 e. The number of aryl methyl sites for hydroxylation is 2. The molecule has 0 bridgehead atoms. The number of aromatic nitrogens is 3. The molecule has 0 radical (unpaired) electrons. The van der Waals surface area contributed by atoms with E-state index in [2.05, 4.69) is 72.7 Å². The van der Waals surface area contributed by atoms with E-state index in [1.54, 1.807) is 0 Å². The van der Waals surface area contributed by atoms with Gasteiger partial charge in [-0.1, -0.05) is 55.5 Å². The van der Waals surface area contributed by atoms with Gasteiger partial charge in [0.2, 0.25) is 0 Å². The van der Waals surface area contributed by atoms with Crippen LogP contribution in [0.25, 0.3) is 16.9 Å². The number of hydrogen-bond donors (Lipinski definition) is 0. The maximum atomic E-state index is 4.29. The van der Waals surface area contributed by atoms with E-state index in [1.807, 2.05) is 10.9 Å². The van der Waals surface area contributed by atoms with Crippen LogP contribution in [-0.4, -0.2) is 15.0 Å². The second-order valence-electron chi connectivity index (χ2n) is 5.12. The quantitative estimate of drug-likeness (QED) is 0.720. The van der Waals surface area contributed by atoms with Crippen LogP contribution in [0.4, 0.5) is 0 Å². The molecule has 0 atom stereocenters. The first-order chi connectivity index (χ1) is 10.3. The highest BCUT2D eigenvalue weighted by Gasteiger charge is 2.05. The Kier molecular flexibility index (Phi) is 3.82. The Balaban J connectivity index is 1.91. The molecule has 0 amide bonds. The summed E-state index contributed by atoms with van der Waals surface area (Å²) in [5.41, 5.74) is 5.70.